The summed E-state index contributed by atoms with van der Waals surface area (Å²) in [5.41, 5.74) is -0.547. The van der Waals surface area contributed by atoms with Crippen LogP contribution in [0, 0.1) is 0 Å². The third-order valence-electron chi connectivity index (χ3n) is 4.37. The molecule has 1 aromatic rings. The number of carbonyl (C=O) groups is 1. The van der Waals surface area contributed by atoms with Gasteiger partial charge in [-0.2, -0.15) is 13.2 Å². The highest BCUT2D eigenvalue weighted by Gasteiger charge is 2.37. The average Bonchev–Trinajstić information content (AvgIpc) is 2.54. The average molecular weight is 407 g/mol. The Morgan fingerprint density at radius 1 is 1.07 bits per heavy atom. The Morgan fingerprint density at radius 2 is 1.59 bits per heavy atom. The fourth-order valence-corrected chi connectivity index (χ4v) is 4.19. The van der Waals surface area contributed by atoms with Crippen LogP contribution in [0.5, 0.6) is 0 Å². The number of hydrogen-bond donors (Lipinski definition) is 2. The molecule has 0 unspecified atom stereocenters. The van der Waals surface area contributed by atoms with Crippen LogP contribution < -0.4 is 10.6 Å². The molecule has 0 atom stereocenters. The molecule has 0 aromatic heterocycles. The number of urea groups is 1. The van der Waals surface area contributed by atoms with Crippen LogP contribution in [0.25, 0.3) is 0 Å². The van der Waals surface area contributed by atoms with Crippen LogP contribution in [0.15, 0.2) is 24.3 Å². The first kappa shape index (κ1) is 21.5. The van der Waals surface area contributed by atoms with Crippen LogP contribution >= 0.6 is 0 Å². The molecule has 1 saturated heterocycles. The second-order valence-electron chi connectivity index (χ2n) is 7.46. The van der Waals surface area contributed by atoms with Crippen LogP contribution in [0.2, 0.25) is 0 Å². The van der Waals surface area contributed by atoms with E-state index in [1.54, 1.807) is 20.8 Å². The molecular formula is C17H24F3N3O3S. The van der Waals surface area contributed by atoms with E-state index >= 15 is 0 Å². The molecule has 27 heavy (non-hydrogen) atoms. The number of nitrogens with one attached hydrogen (secondary N) is 2. The van der Waals surface area contributed by atoms with Gasteiger partial charge in [-0.3, -0.25) is 0 Å². The number of benzene rings is 1. The Hall–Kier alpha value is -1.81. The van der Waals surface area contributed by atoms with Crippen LogP contribution in [0.3, 0.4) is 0 Å². The van der Waals surface area contributed by atoms with E-state index in [4.69, 9.17) is 0 Å². The number of amides is 2. The maximum atomic E-state index is 12.5. The molecular weight excluding hydrogens is 383 g/mol. The van der Waals surface area contributed by atoms with Gasteiger partial charge in [0.25, 0.3) is 0 Å². The predicted octanol–water partition coefficient (Wildman–Crippen LogP) is 3.42. The highest BCUT2D eigenvalue weighted by Crippen LogP contribution is 2.30. The Kier molecular flexibility index (Phi) is 6.10. The third kappa shape index (κ3) is 5.35. The molecule has 1 heterocycles. The van der Waals surface area contributed by atoms with Gasteiger partial charge in [0.1, 0.15) is 0 Å². The van der Waals surface area contributed by atoms with Crippen molar-refractivity contribution >= 4 is 21.7 Å². The Balaban J connectivity index is 1.86. The van der Waals surface area contributed by atoms with E-state index in [9.17, 15) is 26.4 Å². The summed E-state index contributed by atoms with van der Waals surface area (Å²) >= 11 is 0. The van der Waals surface area contributed by atoms with E-state index in [-0.39, 0.29) is 11.7 Å². The number of alkyl halides is 3. The smallest absolute Gasteiger partial charge is 0.335 e. The topological polar surface area (TPSA) is 78.5 Å². The number of sulfonamides is 1. The largest absolute Gasteiger partial charge is 0.416 e. The van der Waals surface area contributed by atoms with Crippen LogP contribution in [0.1, 0.15) is 39.2 Å². The van der Waals surface area contributed by atoms with Gasteiger partial charge in [-0.15, -0.1) is 0 Å². The van der Waals surface area contributed by atoms with E-state index in [2.05, 4.69) is 10.6 Å². The standard InChI is InChI=1S/C17H24F3N3O3S/c1-16(2,3)27(25,26)23-10-8-14(9-11-23)22-15(24)21-13-6-4-12(5-7-13)17(18,19)20/h4-7,14H,8-11H2,1-3H3,(H2,21,22,24). The van der Waals surface area contributed by atoms with Gasteiger partial charge < -0.3 is 10.6 Å². The van der Waals surface area contributed by atoms with Gasteiger partial charge in [-0.25, -0.2) is 17.5 Å². The molecule has 6 nitrogen and oxygen atoms in total. The van der Waals surface area contributed by atoms with E-state index in [1.165, 1.54) is 16.4 Å². The molecule has 0 radical (unpaired) electrons. The first-order valence-corrected chi connectivity index (χ1v) is 9.99. The molecule has 0 bridgehead atoms. The molecule has 1 aliphatic rings. The fourth-order valence-electron chi connectivity index (χ4n) is 2.72. The Morgan fingerprint density at radius 3 is 2.04 bits per heavy atom. The third-order valence-corrected chi connectivity index (χ3v) is 6.97. The molecule has 2 N–H and O–H groups in total. The van der Waals surface area contributed by atoms with E-state index in [1.807, 2.05) is 0 Å². The number of anilines is 1. The van der Waals surface area contributed by atoms with E-state index in [0.717, 1.165) is 12.1 Å². The van der Waals surface area contributed by atoms with Crippen molar-refractivity contribution < 1.29 is 26.4 Å². The van der Waals surface area contributed by atoms with Gasteiger partial charge >= 0.3 is 12.2 Å². The summed E-state index contributed by atoms with van der Waals surface area (Å²) in [5, 5.41) is 5.21. The highest BCUT2D eigenvalue weighted by atomic mass is 32.2. The van der Waals surface area contributed by atoms with E-state index in [0.29, 0.717) is 25.9 Å². The zero-order chi connectivity index (χ0) is 20.5. The lowest BCUT2D eigenvalue weighted by Gasteiger charge is -2.35. The summed E-state index contributed by atoms with van der Waals surface area (Å²) in [7, 11) is -3.40. The molecule has 152 valence electrons. The van der Waals surface area contributed by atoms with Gasteiger partial charge in [0.2, 0.25) is 10.0 Å². The first-order chi connectivity index (χ1) is 12.3. The minimum atomic E-state index is -4.43. The SMILES string of the molecule is CC(C)(C)S(=O)(=O)N1CCC(NC(=O)Nc2ccc(C(F)(F)F)cc2)CC1. The minimum Gasteiger partial charge on any atom is -0.335 e. The van der Waals surface area contributed by atoms with Crippen LogP contribution in [0.4, 0.5) is 23.7 Å². The molecule has 0 saturated carbocycles. The number of hydrogen-bond acceptors (Lipinski definition) is 3. The van der Waals surface area contributed by atoms with Crippen LogP contribution in [-0.2, 0) is 16.2 Å². The van der Waals surface area contributed by atoms with Gasteiger partial charge in [-0.1, -0.05) is 0 Å². The normalized spacial score (nSPS) is 17.6. The van der Waals surface area contributed by atoms with Gasteiger partial charge in [0, 0.05) is 24.8 Å². The maximum Gasteiger partial charge on any atom is 0.416 e. The number of halogens is 3. The summed E-state index contributed by atoms with van der Waals surface area (Å²) in [5.74, 6) is 0. The van der Waals surface area contributed by atoms with Crippen molar-refractivity contribution in [3.8, 4) is 0 Å². The van der Waals surface area contributed by atoms with Crippen molar-refractivity contribution in [3.05, 3.63) is 29.8 Å². The van der Waals surface area contributed by atoms with Crippen LogP contribution in [-0.4, -0.2) is 42.6 Å². The molecule has 0 aliphatic carbocycles. The Bertz CT molecular complexity index is 763. The molecule has 1 aliphatic heterocycles. The monoisotopic (exact) mass is 407 g/mol. The number of carbonyl (C=O) groups excluding carboxylic acids is 1. The summed E-state index contributed by atoms with van der Waals surface area (Å²) in [6.45, 7) is 5.55. The quantitative estimate of drug-likeness (QED) is 0.806. The summed E-state index contributed by atoms with van der Waals surface area (Å²) in [6.07, 6.45) is -3.49. The molecule has 10 heteroatoms. The Labute approximate surface area is 157 Å². The van der Waals surface area contributed by atoms with Crippen molar-refractivity contribution in [2.45, 2.75) is 50.6 Å². The van der Waals surface area contributed by atoms with Crippen molar-refractivity contribution in [1.82, 2.24) is 9.62 Å². The molecule has 1 fully saturated rings. The summed E-state index contributed by atoms with van der Waals surface area (Å²) in [4.78, 5) is 12.0. The lowest BCUT2D eigenvalue weighted by atomic mass is 10.1. The summed E-state index contributed by atoms with van der Waals surface area (Å²) in [6, 6.07) is 3.41. The summed E-state index contributed by atoms with van der Waals surface area (Å²) < 4.78 is 63.0. The second kappa shape index (κ2) is 7.67. The predicted molar refractivity (Wildman–Crippen MR) is 96.9 cm³/mol. The number of piperidine rings is 1. The van der Waals surface area contributed by atoms with Crippen molar-refractivity contribution in [3.63, 3.8) is 0 Å². The molecule has 1 aromatic carbocycles. The minimum absolute atomic E-state index is 0.203. The lowest BCUT2D eigenvalue weighted by Crippen LogP contribution is -2.51. The van der Waals surface area contributed by atoms with Crippen molar-refractivity contribution in [1.29, 1.82) is 0 Å². The number of rotatable bonds is 3. The molecule has 2 amide bonds. The molecule has 0 spiro atoms. The zero-order valence-corrected chi connectivity index (χ0v) is 16.2. The van der Waals surface area contributed by atoms with Crippen molar-refractivity contribution in [2.75, 3.05) is 18.4 Å². The van der Waals surface area contributed by atoms with Gasteiger partial charge in [0.15, 0.2) is 0 Å². The maximum absolute atomic E-state index is 12.5. The van der Waals surface area contributed by atoms with Gasteiger partial charge in [0.05, 0.1) is 10.3 Å². The highest BCUT2D eigenvalue weighted by molar-refractivity contribution is 7.90. The van der Waals surface area contributed by atoms with E-state index < -0.39 is 32.5 Å². The lowest BCUT2D eigenvalue weighted by molar-refractivity contribution is -0.137. The molecule has 2 rings (SSSR count). The zero-order valence-electron chi connectivity index (χ0n) is 15.4. The van der Waals surface area contributed by atoms with Gasteiger partial charge in [-0.05, 0) is 57.9 Å². The second-order valence-corrected chi connectivity index (χ2v) is 10.2. The first-order valence-electron chi connectivity index (χ1n) is 8.55. The number of nitrogens with zero attached hydrogens (tertiary/aromatic N) is 1. The fraction of sp³-hybridized carbons (Fsp3) is 0.588. The van der Waals surface area contributed by atoms with Crippen molar-refractivity contribution in [2.24, 2.45) is 0 Å².